The molecule has 1 aromatic rings. The maximum atomic E-state index is 5.94. The molecule has 1 aliphatic heterocycles. The Bertz CT molecular complexity index is 453. The lowest BCUT2D eigenvalue weighted by Gasteiger charge is -2.23. The average molecular weight is 265 g/mol. The van der Waals surface area contributed by atoms with Gasteiger partial charge in [-0.05, 0) is 30.7 Å². The number of rotatable bonds is 2. The molecule has 2 rings (SSSR count). The zero-order valence-corrected chi connectivity index (χ0v) is 11.3. The number of alkyl halides is 1. The largest absolute Gasteiger partial charge is 0.490 e. The predicted molar refractivity (Wildman–Crippen MR) is 73.2 cm³/mol. The van der Waals surface area contributed by atoms with E-state index in [-0.39, 0.29) is 6.10 Å². The molecule has 0 atom stereocenters. The van der Waals surface area contributed by atoms with Crippen molar-refractivity contribution in [2.75, 3.05) is 19.1 Å². The summed E-state index contributed by atoms with van der Waals surface area (Å²) < 4.78 is 11.3. The van der Waals surface area contributed by atoms with Crippen LogP contribution in [0.25, 0.3) is 0 Å². The van der Waals surface area contributed by atoms with Crippen LogP contribution in [0, 0.1) is 18.8 Å². The van der Waals surface area contributed by atoms with E-state index in [0.717, 1.165) is 42.9 Å². The van der Waals surface area contributed by atoms with Crippen LogP contribution in [0.5, 0.6) is 5.75 Å². The Morgan fingerprint density at radius 1 is 1.39 bits per heavy atom. The Kier molecular flexibility index (Phi) is 4.92. The van der Waals surface area contributed by atoms with Crippen LogP contribution >= 0.6 is 11.6 Å². The van der Waals surface area contributed by atoms with Crippen LogP contribution in [-0.4, -0.2) is 25.2 Å². The smallest absolute Gasteiger partial charge is 0.120 e. The number of benzene rings is 1. The molecule has 1 aromatic carbocycles. The van der Waals surface area contributed by atoms with E-state index in [0.29, 0.717) is 5.88 Å². The molecule has 2 nitrogen and oxygen atoms in total. The molecule has 0 amide bonds. The predicted octanol–water partition coefficient (Wildman–Crippen LogP) is 3.14. The quantitative estimate of drug-likeness (QED) is 0.604. The molecular formula is C15H17ClO2. The molecule has 3 heteroatoms. The highest BCUT2D eigenvalue weighted by molar-refractivity contribution is 6.19. The summed E-state index contributed by atoms with van der Waals surface area (Å²) in [5.41, 5.74) is 2.13. The first kappa shape index (κ1) is 13.3. The Morgan fingerprint density at radius 2 is 2.17 bits per heavy atom. The fourth-order valence-corrected chi connectivity index (χ4v) is 2.03. The van der Waals surface area contributed by atoms with Gasteiger partial charge in [-0.1, -0.05) is 11.8 Å². The van der Waals surface area contributed by atoms with Gasteiger partial charge >= 0.3 is 0 Å². The van der Waals surface area contributed by atoms with Crippen molar-refractivity contribution in [3.63, 3.8) is 0 Å². The van der Waals surface area contributed by atoms with E-state index in [1.165, 1.54) is 0 Å². The number of ether oxygens (including phenoxy) is 2. The van der Waals surface area contributed by atoms with Gasteiger partial charge in [0, 0.05) is 18.4 Å². The standard InChI is InChI=1S/C15H17ClO2/c1-12-11-15(5-4-13(12)3-2-8-16)18-14-6-9-17-10-7-14/h4-5,11,14H,6-10H2,1H3. The molecule has 96 valence electrons. The molecule has 0 radical (unpaired) electrons. The number of halogens is 1. The second kappa shape index (κ2) is 6.68. The van der Waals surface area contributed by atoms with Gasteiger partial charge in [0.15, 0.2) is 0 Å². The van der Waals surface area contributed by atoms with Crippen LogP contribution in [0.4, 0.5) is 0 Å². The second-order valence-electron chi connectivity index (χ2n) is 4.34. The summed E-state index contributed by atoms with van der Waals surface area (Å²) in [5, 5.41) is 0. The van der Waals surface area contributed by atoms with E-state index in [9.17, 15) is 0 Å². The van der Waals surface area contributed by atoms with Crippen molar-refractivity contribution >= 4 is 11.6 Å². The zero-order valence-electron chi connectivity index (χ0n) is 10.5. The van der Waals surface area contributed by atoms with Gasteiger partial charge in [-0.15, -0.1) is 11.6 Å². The van der Waals surface area contributed by atoms with Crippen LogP contribution in [-0.2, 0) is 4.74 Å². The SMILES string of the molecule is Cc1cc(OC2CCOCC2)ccc1C#CCCl. The normalized spacial score (nSPS) is 15.9. The molecule has 1 heterocycles. The summed E-state index contributed by atoms with van der Waals surface area (Å²) in [5.74, 6) is 7.17. The van der Waals surface area contributed by atoms with Gasteiger partial charge in [0.05, 0.1) is 19.1 Å². The van der Waals surface area contributed by atoms with Crippen molar-refractivity contribution in [2.45, 2.75) is 25.9 Å². The molecule has 18 heavy (non-hydrogen) atoms. The van der Waals surface area contributed by atoms with Crippen LogP contribution in [0.15, 0.2) is 18.2 Å². The van der Waals surface area contributed by atoms with Gasteiger partial charge < -0.3 is 9.47 Å². The third-order valence-corrected chi connectivity index (χ3v) is 3.09. The first-order valence-corrected chi connectivity index (χ1v) is 6.73. The van der Waals surface area contributed by atoms with Gasteiger partial charge in [-0.2, -0.15) is 0 Å². The maximum Gasteiger partial charge on any atom is 0.120 e. The molecule has 0 aromatic heterocycles. The summed E-state index contributed by atoms with van der Waals surface area (Å²) in [6, 6.07) is 6.00. The van der Waals surface area contributed by atoms with Crippen LogP contribution < -0.4 is 4.74 Å². The molecule has 0 spiro atoms. The summed E-state index contributed by atoms with van der Waals surface area (Å²) in [7, 11) is 0. The lowest BCUT2D eigenvalue weighted by molar-refractivity contribution is 0.0255. The Labute approximate surface area is 113 Å². The highest BCUT2D eigenvalue weighted by atomic mass is 35.5. The van der Waals surface area contributed by atoms with E-state index < -0.39 is 0 Å². The first-order valence-electron chi connectivity index (χ1n) is 6.19. The molecule has 1 saturated heterocycles. The van der Waals surface area contributed by atoms with Crippen molar-refractivity contribution < 1.29 is 9.47 Å². The van der Waals surface area contributed by atoms with Gasteiger partial charge in [-0.25, -0.2) is 0 Å². The Morgan fingerprint density at radius 3 is 2.83 bits per heavy atom. The molecule has 0 bridgehead atoms. The topological polar surface area (TPSA) is 18.5 Å². The minimum absolute atomic E-state index is 0.276. The molecule has 1 fully saturated rings. The number of aryl methyl sites for hydroxylation is 1. The van der Waals surface area contributed by atoms with Gasteiger partial charge in [0.2, 0.25) is 0 Å². The monoisotopic (exact) mass is 264 g/mol. The average Bonchev–Trinajstić information content (AvgIpc) is 2.39. The third kappa shape index (κ3) is 3.66. The second-order valence-corrected chi connectivity index (χ2v) is 4.61. The molecule has 0 unspecified atom stereocenters. The molecule has 1 aliphatic rings. The molecule has 0 saturated carbocycles. The van der Waals surface area contributed by atoms with E-state index >= 15 is 0 Å². The van der Waals surface area contributed by atoms with Crippen molar-refractivity contribution in [3.8, 4) is 17.6 Å². The van der Waals surface area contributed by atoms with Gasteiger partial charge in [0.1, 0.15) is 11.9 Å². The van der Waals surface area contributed by atoms with Crippen molar-refractivity contribution in [3.05, 3.63) is 29.3 Å². The van der Waals surface area contributed by atoms with Gasteiger partial charge in [-0.3, -0.25) is 0 Å². The van der Waals surface area contributed by atoms with Gasteiger partial charge in [0.25, 0.3) is 0 Å². The molecule has 0 N–H and O–H groups in total. The van der Waals surface area contributed by atoms with Crippen molar-refractivity contribution in [1.82, 2.24) is 0 Å². The van der Waals surface area contributed by atoms with Crippen LogP contribution in [0.2, 0.25) is 0 Å². The third-order valence-electron chi connectivity index (χ3n) is 2.96. The molecule has 0 aliphatic carbocycles. The summed E-state index contributed by atoms with van der Waals surface area (Å²) >= 11 is 5.55. The van der Waals surface area contributed by atoms with Crippen LogP contribution in [0.3, 0.4) is 0 Å². The Balaban J connectivity index is 2.03. The minimum Gasteiger partial charge on any atom is -0.490 e. The maximum absolute atomic E-state index is 5.94. The fraction of sp³-hybridized carbons (Fsp3) is 0.467. The number of hydrogen-bond donors (Lipinski definition) is 0. The van der Waals surface area contributed by atoms with E-state index in [1.807, 2.05) is 25.1 Å². The van der Waals surface area contributed by atoms with E-state index in [4.69, 9.17) is 21.1 Å². The fourth-order valence-electron chi connectivity index (χ4n) is 1.96. The first-order chi connectivity index (χ1) is 8.79. The lowest BCUT2D eigenvalue weighted by Crippen LogP contribution is -2.25. The molecular weight excluding hydrogens is 248 g/mol. The summed E-state index contributed by atoms with van der Waals surface area (Å²) in [6.45, 7) is 3.63. The lowest BCUT2D eigenvalue weighted by atomic mass is 10.1. The number of hydrogen-bond acceptors (Lipinski definition) is 2. The van der Waals surface area contributed by atoms with Crippen molar-refractivity contribution in [1.29, 1.82) is 0 Å². The highest BCUT2D eigenvalue weighted by Gasteiger charge is 2.15. The Hall–Kier alpha value is -1.17. The van der Waals surface area contributed by atoms with Crippen molar-refractivity contribution in [2.24, 2.45) is 0 Å². The summed E-state index contributed by atoms with van der Waals surface area (Å²) in [6.07, 6.45) is 2.21. The van der Waals surface area contributed by atoms with E-state index in [2.05, 4.69) is 11.8 Å². The van der Waals surface area contributed by atoms with E-state index in [1.54, 1.807) is 0 Å². The minimum atomic E-state index is 0.276. The summed E-state index contributed by atoms with van der Waals surface area (Å²) in [4.78, 5) is 0. The van der Waals surface area contributed by atoms with Crippen LogP contribution in [0.1, 0.15) is 24.0 Å². The highest BCUT2D eigenvalue weighted by Crippen LogP contribution is 2.21. The zero-order chi connectivity index (χ0) is 12.8.